The molecule has 0 amide bonds. The first-order valence-corrected chi connectivity index (χ1v) is 13.4. The van der Waals surface area contributed by atoms with Crippen molar-refractivity contribution in [2.45, 2.75) is 30.6 Å². The van der Waals surface area contributed by atoms with Crippen LogP contribution in [0, 0.1) is 0 Å². The van der Waals surface area contributed by atoms with Gasteiger partial charge in [0.1, 0.15) is 12.1 Å². The second kappa shape index (κ2) is 11.5. The molecule has 39 heavy (non-hydrogen) atoms. The number of rotatable bonds is 7. The van der Waals surface area contributed by atoms with Crippen molar-refractivity contribution in [2.24, 2.45) is 5.11 Å². The molecular weight excluding hydrogens is 533 g/mol. The molecule has 1 aliphatic rings. The maximum atomic E-state index is 13.9. The largest absolute Gasteiger partial charge is 0.516 e. The number of likely N-dealkylation sites (N-methyl/N-ethyl adjacent to an activating group) is 1. The number of aromatic nitrogens is 2. The van der Waals surface area contributed by atoms with E-state index in [1.165, 1.54) is 0 Å². The fourth-order valence-corrected chi connectivity index (χ4v) is 5.70. The van der Waals surface area contributed by atoms with Crippen LogP contribution in [0.3, 0.4) is 0 Å². The highest BCUT2D eigenvalue weighted by Gasteiger charge is 2.52. The van der Waals surface area contributed by atoms with Gasteiger partial charge in [-0.05, 0) is 30.1 Å². The Morgan fingerprint density at radius 2 is 1.67 bits per heavy atom. The zero-order valence-electron chi connectivity index (χ0n) is 21.3. The molecule has 1 aromatic heterocycles. The third-order valence-electron chi connectivity index (χ3n) is 6.51. The number of azide groups is 1. The van der Waals surface area contributed by atoms with Crippen LogP contribution in [0.25, 0.3) is 10.4 Å². The van der Waals surface area contributed by atoms with E-state index in [1.54, 1.807) is 19.0 Å². The maximum Gasteiger partial charge on any atom is 0.516 e. The van der Waals surface area contributed by atoms with Crippen molar-refractivity contribution >= 4 is 21.7 Å². The Kier molecular flexibility index (Phi) is 8.28. The van der Waals surface area contributed by atoms with Gasteiger partial charge in [0.05, 0.1) is 11.6 Å². The molecule has 0 saturated heterocycles. The fraction of sp³-hybridized carbons (Fsp3) is 0.360. The van der Waals surface area contributed by atoms with E-state index in [2.05, 4.69) is 20.0 Å². The summed E-state index contributed by atoms with van der Waals surface area (Å²) in [6.07, 6.45) is 1.37. The topological polar surface area (TPSA) is 118 Å². The van der Waals surface area contributed by atoms with Crippen LogP contribution in [-0.4, -0.2) is 62.0 Å². The normalized spacial score (nSPS) is 18.4. The number of nitrogens with zero attached hydrogens (tertiary/aromatic N) is 8. The zero-order valence-corrected chi connectivity index (χ0v) is 22.1. The minimum absolute atomic E-state index is 0.00160. The van der Waals surface area contributed by atoms with E-state index in [0.717, 1.165) is 17.5 Å². The molecule has 0 saturated carbocycles. The molecule has 2 atom stereocenters. The molecule has 0 aliphatic carbocycles. The Morgan fingerprint density at radius 1 is 1.05 bits per heavy atom. The standard InChI is InChI=1S/C25H27F3N8O2S/c1-34-15-20(32-33-29)16-36(39(37,38)25(26,27)28)24-22(21(34)13-18-9-5-3-6-10-18)23(30-17-31-24)35(2)14-19-11-7-4-8-12-19/h3-12,17,20-21H,13-16H2,1-2H3/t20-,21-/m1/s1. The van der Waals surface area contributed by atoms with Crippen LogP contribution in [0.1, 0.15) is 22.7 Å². The van der Waals surface area contributed by atoms with Gasteiger partial charge in [-0.2, -0.15) is 21.6 Å². The van der Waals surface area contributed by atoms with Crippen LogP contribution in [0.5, 0.6) is 0 Å². The molecule has 4 rings (SSSR count). The summed E-state index contributed by atoms with van der Waals surface area (Å²) >= 11 is 0. The number of anilines is 2. The van der Waals surface area contributed by atoms with E-state index in [9.17, 15) is 21.6 Å². The predicted octanol–water partition coefficient (Wildman–Crippen LogP) is 4.68. The van der Waals surface area contributed by atoms with Gasteiger partial charge in [-0.25, -0.2) is 14.3 Å². The third kappa shape index (κ3) is 6.08. The second-order valence-corrected chi connectivity index (χ2v) is 11.1. The van der Waals surface area contributed by atoms with Crippen molar-refractivity contribution in [1.82, 2.24) is 14.9 Å². The minimum Gasteiger partial charge on any atom is -0.355 e. The summed E-state index contributed by atoms with van der Waals surface area (Å²) < 4.78 is 67.8. The highest BCUT2D eigenvalue weighted by Crippen LogP contribution is 2.41. The SMILES string of the molecule is CN(Cc1ccccc1)c1ncnc2c1[C@@H](Cc1ccccc1)N(C)C[C@@H](N=[N+]=[N-])CN2S(=O)(=O)C(F)(F)F. The number of benzene rings is 2. The molecule has 0 fully saturated rings. The maximum absolute atomic E-state index is 13.9. The number of sulfonamides is 1. The molecule has 0 spiro atoms. The van der Waals surface area contributed by atoms with Crippen molar-refractivity contribution < 1.29 is 21.6 Å². The lowest BCUT2D eigenvalue weighted by molar-refractivity contribution is -0.0439. The van der Waals surface area contributed by atoms with Gasteiger partial charge in [-0.3, -0.25) is 4.90 Å². The van der Waals surface area contributed by atoms with Crippen LogP contribution in [0.4, 0.5) is 24.8 Å². The number of alkyl halides is 3. The van der Waals surface area contributed by atoms with Crippen LogP contribution >= 0.6 is 0 Å². The molecule has 10 nitrogen and oxygen atoms in total. The Bertz CT molecular complexity index is 1430. The number of fused-ring (bicyclic) bond motifs is 1. The van der Waals surface area contributed by atoms with Crippen molar-refractivity contribution in [3.8, 4) is 0 Å². The van der Waals surface area contributed by atoms with E-state index in [1.807, 2.05) is 65.6 Å². The van der Waals surface area contributed by atoms with Crippen molar-refractivity contribution in [3.05, 3.63) is 94.1 Å². The van der Waals surface area contributed by atoms with Gasteiger partial charge in [-0.15, -0.1) is 0 Å². The summed E-state index contributed by atoms with van der Waals surface area (Å²) in [5.41, 5.74) is 5.51. The Hall–Kier alpha value is -3.87. The molecule has 2 aromatic carbocycles. The summed E-state index contributed by atoms with van der Waals surface area (Å²) in [5.74, 6) is -0.107. The molecule has 1 aliphatic heterocycles. The monoisotopic (exact) mass is 560 g/mol. The molecule has 206 valence electrons. The molecule has 0 radical (unpaired) electrons. The quantitative estimate of drug-likeness (QED) is 0.235. The lowest BCUT2D eigenvalue weighted by Crippen LogP contribution is -2.50. The molecule has 0 unspecified atom stereocenters. The zero-order chi connectivity index (χ0) is 28.2. The molecule has 0 bridgehead atoms. The predicted molar refractivity (Wildman–Crippen MR) is 141 cm³/mol. The van der Waals surface area contributed by atoms with E-state index in [4.69, 9.17) is 5.53 Å². The van der Waals surface area contributed by atoms with Gasteiger partial charge in [0, 0.05) is 37.6 Å². The number of halogens is 3. The summed E-state index contributed by atoms with van der Waals surface area (Å²) in [6, 6.07) is 16.9. The summed E-state index contributed by atoms with van der Waals surface area (Å²) in [7, 11) is -2.41. The van der Waals surface area contributed by atoms with Gasteiger partial charge < -0.3 is 4.90 Å². The Balaban J connectivity index is 1.96. The average Bonchev–Trinajstić information content (AvgIpc) is 2.89. The van der Waals surface area contributed by atoms with E-state index >= 15 is 0 Å². The van der Waals surface area contributed by atoms with Gasteiger partial charge in [-0.1, -0.05) is 65.8 Å². The first-order valence-electron chi connectivity index (χ1n) is 12.0. The van der Waals surface area contributed by atoms with Gasteiger partial charge >= 0.3 is 15.5 Å². The molecule has 3 aromatic rings. The van der Waals surface area contributed by atoms with Crippen molar-refractivity contribution in [3.63, 3.8) is 0 Å². The minimum atomic E-state index is -5.90. The van der Waals surface area contributed by atoms with Crippen molar-refractivity contribution in [1.29, 1.82) is 0 Å². The number of hydrogen-bond donors (Lipinski definition) is 0. The smallest absolute Gasteiger partial charge is 0.355 e. The lowest BCUT2D eigenvalue weighted by Gasteiger charge is -2.39. The second-order valence-electron chi connectivity index (χ2n) is 9.26. The Labute approximate surface area is 224 Å². The van der Waals surface area contributed by atoms with Crippen LogP contribution in [0.15, 0.2) is 72.1 Å². The Morgan fingerprint density at radius 3 is 2.26 bits per heavy atom. The average molecular weight is 561 g/mol. The highest BCUT2D eigenvalue weighted by atomic mass is 32.2. The van der Waals surface area contributed by atoms with Gasteiger partial charge in [0.2, 0.25) is 0 Å². The third-order valence-corrected chi connectivity index (χ3v) is 8.00. The summed E-state index contributed by atoms with van der Waals surface area (Å²) in [5, 5.41) is 3.62. The van der Waals surface area contributed by atoms with E-state index in [0.29, 0.717) is 18.8 Å². The molecular formula is C25H27F3N8O2S. The lowest BCUT2D eigenvalue weighted by atomic mass is 9.96. The van der Waals surface area contributed by atoms with E-state index < -0.39 is 40.0 Å². The van der Waals surface area contributed by atoms with Crippen LogP contribution < -0.4 is 9.21 Å². The first-order chi connectivity index (χ1) is 18.5. The van der Waals surface area contributed by atoms with Gasteiger partial charge in [0.25, 0.3) is 0 Å². The first kappa shape index (κ1) is 28.1. The summed E-state index contributed by atoms with van der Waals surface area (Å²) in [6.45, 7) is -0.374. The van der Waals surface area contributed by atoms with Gasteiger partial charge in [0.15, 0.2) is 5.82 Å². The molecule has 14 heteroatoms. The van der Waals surface area contributed by atoms with Crippen LogP contribution in [0.2, 0.25) is 0 Å². The summed E-state index contributed by atoms with van der Waals surface area (Å²) in [4.78, 5) is 14.9. The highest BCUT2D eigenvalue weighted by molar-refractivity contribution is 7.93. The van der Waals surface area contributed by atoms with E-state index in [-0.39, 0.29) is 16.4 Å². The molecule has 0 N–H and O–H groups in total. The van der Waals surface area contributed by atoms with Crippen molar-refractivity contribution in [2.75, 3.05) is 36.4 Å². The number of hydrogen-bond acceptors (Lipinski definition) is 7. The van der Waals surface area contributed by atoms with Crippen LogP contribution in [-0.2, 0) is 23.0 Å². The fourth-order valence-electron chi connectivity index (χ4n) is 4.70. The molecule has 2 heterocycles.